The number of rotatable bonds is 5. The molecule has 2 bridgehead atoms. The minimum atomic E-state index is -0.685. The van der Waals surface area contributed by atoms with E-state index in [9.17, 15) is 14.4 Å². The molecule has 0 spiro atoms. The Morgan fingerprint density at radius 1 is 1.03 bits per heavy atom. The number of nitrogens with one attached hydrogen (secondary N) is 2. The Kier molecular flexibility index (Phi) is 8.12. The standard InChI is InChI=1S/C29H40N6O3/c1-3-34-17-23(14-30-34)16-33-15-22-12-24(19-33)26-10-7-11-27(36)31-20(2)28(37)32-25(29(38)35(26)18-22)13-21-8-5-4-6-9-21/h4-6,8-9,14,17,20,22,24-26H,3,7,10-13,15-16,18-19H2,1-2H3,(H,31,36)(H,32,37)/t20-,22+,24-,25+,26+/m1/s1. The van der Waals surface area contributed by atoms with Crippen molar-refractivity contribution in [2.24, 2.45) is 11.8 Å². The first-order valence-electron chi connectivity index (χ1n) is 14.1. The molecule has 2 aromatic rings. The molecule has 9 heteroatoms. The number of amides is 3. The molecule has 204 valence electrons. The molecule has 1 aromatic heterocycles. The van der Waals surface area contributed by atoms with Crippen molar-refractivity contribution in [3.05, 3.63) is 53.9 Å². The lowest BCUT2D eigenvalue weighted by molar-refractivity contribution is -0.146. The summed E-state index contributed by atoms with van der Waals surface area (Å²) in [6.45, 7) is 8.04. The Balaban J connectivity index is 1.38. The molecule has 5 rings (SSSR count). The van der Waals surface area contributed by atoms with Crippen molar-refractivity contribution >= 4 is 17.7 Å². The number of carbonyl (C=O) groups excluding carboxylic acids is 3. The van der Waals surface area contributed by atoms with Crippen LogP contribution in [0.25, 0.3) is 0 Å². The lowest BCUT2D eigenvalue weighted by atomic mass is 9.77. The van der Waals surface area contributed by atoms with Crippen molar-refractivity contribution in [1.82, 2.24) is 30.2 Å². The van der Waals surface area contributed by atoms with Crippen molar-refractivity contribution in [3.8, 4) is 0 Å². The maximum absolute atomic E-state index is 14.2. The van der Waals surface area contributed by atoms with Gasteiger partial charge in [0, 0.05) is 63.4 Å². The van der Waals surface area contributed by atoms with E-state index in [1.165, 1.54) is 5.56 Å². The number of nitrogens with zero attached hydrogens (tertiary/aromatic N) is 4. The van der Waals surface area contributed by atoms with E-state index in [1.807, 2.05) is 41.2 Å². The Hall–Kier alpha value is -3.20. The van der Waals surface area contributed by atoms with Crippen LogP contribution < -0.4 is 10.6 Å². The van der Waals surface area contributed by atoms with Crippen LogP contribution in [0.3, 0.4) is 0 Å². The van der Waals surface area contributed by atoms with E-state index in [4.69, 9.17) is 0 Å². The molecule has 5 atom stereocenters. The van der Waals surface area contributed by atoms with Crippen molar-refractivity contribution in [2.45, 2.75) is 77.2 Å². The summed E-state index contributed by atoms with van der Waals surface area (Å²) in [5.41, 5.74) is 2.22. The van der Waals surface area contributed by atoms with Crippen molar-refractivity contribution in [3.63, 3.8) is 0 Å². The van der Waals surface area contributed by atoms with E-state index >= 15 is 0 Å². The molecular formula is C29H40N6O3. The van der Waals surface area contributed by atoms with Gasteiger partial charge in [-0.15, -0.1) is 0 Å². The van der Waals surface area contributed by atoms with Crippen LogP contribution in [0.2, 0.25) is 0 Å². The molecule has 38 heavy (non-hydrogen) atoms. The highest BCUT2D eigenvalue weighted by molar-refractivity contribution is 5.92. The topological polar surface area (TPSA) is 99.6 Å². The predicted octanol–water partition coefficient (Wildman–Crippen LogP) is 1.97. The van der Waals surface area contributed by atoms with Gasteiger partial charge in [-0.1, -0.05) is 30.3 Å². The summed E-state index contributed by atoms with van der Waals surface area (Å²) in [5.74, 6) is 0.293. The smallest absolute Gasteiger partial charge is 0.245 e. The summed E-state index contributed by atoms with van der Waals surface area (Å²) in [5, 5.41) is 10.2. The van der Waals surface area contributed by atoms with Crippen LogP contribution in [0.1, 0.15) is 50.7 Å². The van der Waals surface area contributed by atoms with E-state index in [1.54, 1.807) is 6.92 Å². The molecular weight excluding hydrogens is 480 g/mol. The zero-order valence-corrected chi connectivity index (χ0v) is 22.5. The monoisotopic (exact) mass is 520 g/mol. The first-order chi connectivity index (χ1) is 18.4. The zero-order chi connectivity index (χ0) is 26.6. The molecule has 2 N–H and O–H groups in total. The van der Waals surface area contributed by atoms with E-state index in [0.29, 0.717) is 37.6 Å². The van der Waals surface area contributed by atoms with E-state index in [-0.39, 0.29) is 23.8 Å². The Bertz CT molecular complexity index is 1130. The van der Waals surface area contributed by atoms with Gasteiger partial charge in [-0.3, -0.25) is 24.0 Å². The molecule has 0 aliphatic carbocycles. The third-order valence-corrected chi connectivity index (χ3v) is 8.32. The molecule has 3 fully saturated rings. The second kappa shape index (κ2) is 11.7. The highest BCUT2D eigenvalue weighted by Gasteiger charge is 2.44. The SMILES string of the molecule is CCn1cc(CN2C[C@@H]3C[C@H](C2)[C@@H]2CCCC(=O)N[C@H](C)C(=O)N[C@@H](Cc4ccccc4)C(=O)N2C3)cn1. The van der Waals surface area contributed by atoms with Crippen molar-refractivity contribution in [2.75, 3.05) is 19.6 Å². The summed E-state index contributed by atoms with van der Waals surface area (Å²) in [7, 11) is 0. The van der Waals surface area contributed by atoms with Crippen molar-refractivity contribution in [1.29, 1.82) is 0 Å². The van der Waals surface area contributed by atoms with Gasteiger partial charge >= 0.3 is 0 Å². The summed E-state index contributed by atoms with van der Waals surface area (Å²) in [6.07, 6.45) is 7.44. The maximum Gasteiger partial charge on any atom is 0.245 e. The van der Waals surface area contributed by atoms with Gasteiger partial charge < -0.3 is 15.5 Å². The fourth-order valence-electron chi connectivity index (χ4n) is 6.52. The Morgan fingerprint density at radius 2 is 1.84 bits per heavy atom. The van der Waals surface area contributed by atoms with Crippen molar-refractivity contribution < 1.29 is 14.4 Å². The zero-order valence-electron chi connectivity index (χ0n) is 22.5. The van der Waals surface area contributed by atoms with Crippen LogP contribution in [0.5, 0.6) is 0 Å². The Labute approximate surface area is 224 Å². The molecule has 3 aliphatic rings. The average Bonchev–Trinajstić information content (AvgIpc) is 3.36. The first-order valence-corrected chi connectivity index (χ1v) is 14.1. The maximum atomic E-state index is 14.2. The quantitative estimate of drug-likeness (QED) is 0.628. The van der Waals surface area contributed by atoms with Crippen LogP contribution in [0.15, 0.2) is 42.7 Å². The van der Waals surface area contributed by atoms with Crippen LogP contribution in [0.4, 0.5) is 0 Å². The molecule has 0 radical (unpaired) electrons. The number of aromatic nitrogens is 2. The Morgan fingerprint density at radius 3 is 2.61 bits per heavy atom. The van der Waals surface area contributed by atoms with Crippen LogP contribution in [-0.4, -0.2) is 75.1 Å². The minimum Gasteiger partial charge on any atom is -0.345 e. The number of aryl methyl sites for hydroxylation is 1. The van der Waals surface area contributed by atoms with Crippen LogP contribution >= 0.6 is 0 Å². The molecule has 4 heterocycles. The third kappa shape index (κ3) is 6.09. The van der Waals surface area contributed by atoms with Gasteiger partial charge in [0.2, 0.25) is 17.7 Å². The highest BCUT2D eigenvalue weighted by atomic mass is 16.2. The van der Waals surface area contributed by atoms with Gasteiger partial charge in [0.1, 0.15) is 12.1 Å². The molecule has 0 saturated carbocycles. The lowest BCUT2D eigenvalue weighted by Gasteiger charge is -2.51. The minimum absolute atomic E-state index is 0.00123. The number of benzene rings is 1. The summed E-state index contributed by atoms with van der Waals surface area (Å²) in [6, 6.07) is 8.53. The van der Waals surface area contributed by atoms with Gasteiger partial charge in [0.05, 0.1) is 6.20 Å². The lowest BCUT2D eigenvalue weighted by Crippen LogP contribution is -2.63. The normalized spacial score (nSPS) is 29.1. The second-order valence-corrected chi connectivity index (χ2v) is 11.3. The largest absolute Gasteiger partial charge is 0.345 e. The fraction of sp³-hybridized carbons (Fsp3) is 0.586. The predicted molar refractivity (Wildman–Crippen MR) is 144 cm³/mol. The molecule has 3 amide bonds. The third-order valence-electron chi connectivity index (χ3n) is 8.32. The molecule has 3 saturated heterocycles. The molecule has 9 nitrogen and oxygen atoms in total. The summed E-state index contributed by atoms with van der Waals surface area (Å²) in [4.78, 5) is 44.3. The van der Waals surface area contributed by atoms with E-state index in [2.05, 4.69) is 38.7 Å². The van der Waals surface area contributed by atoms with Gasteiger partial charge in [-0.25, -0.2) is 0 Å². The number of fused-ring (bicyclic) bond motifs is 4. The molecule has 1 aromatic carbocycles. The molecule has 0 unspecified atom stereocenters. The van der Waals surface area contributed by atoms with Gasteiger partial charge in [0.15, 0.2) is 0 Å². The number of carbonyl (C=O) groups is 3. The van der Waals surface area contributed by atoms with Crippen LogP contribution in [-0.2, 0) is 33.9 Å². The number of hydrogen-bond acceptors (Lipinski definition) is 5. The molecule has 3 aliphatic heterocycles. The van der Waals surface area contributed by atoms with Gasteiger partial charge in [0.25, 0.3) is 0 Å². The number of likely N-dealkylation sites (tertiary alicyclic amines) is 1. The van der Waals surface area contributed by atoms with E-state index in [0.717, 1.165) is 44.6 Å². The highest BCUT2D eigenvalue weighted by Crippen LogP contribution is 2.36. The number of hydrogen-bond donors (Lipinski definition) is 2. The van der Waals surface area contributed by atoms with E-state index < -0.39 is 12.1 Å². The fourth-order valence-corrected chi connectivity index (χ4v) is 6.52. The number of piperidine rings is 2. The van der Waals surface area contributed by atoms with Gasteiger partial charge in [-0.05, 0) is 50.5 Å². The first kappa shape index (κ1) is 26.4. The summed E-state index contributed by atoms with van der Waals surface area (Å²) < 4.78 is 1.96. The average molecular weight is 521 g/mol. The summed E-state index contributed by atoms with van der Waals surface area (Å²) >= 11 is 0. The van der Waals surface area contributed by atoms with Gasteiger partial charge in [-0.2, -0.15) is 5.10 Å². The second-order valence-electron chi connectivity index (χ2n) is 11.3. The van der Waals surface area contributed by atoms with Crippen LogP contribution in [0, 0.1) is 11.8 Å².